The highest BCUT2D eigenvalue weighted by molar-refractivity contribution is 5.98. The number of carbonyl (C=O) groups is 2. The topological polar surface area (TPSA) is 68.1 Å². The zero-order valence-electron chi connectivity index (χ0n) is 13.1. The summed E-state index contributed by atoms with van der Waals surface area (Å²) in [5.74, 6) is -0.600. The second kappa shape index (κ2) is 6.46. The van der Waals surface area contributed by atoms with Crippen molar-refractivity contribution in [2.24, 2.45) is 0 Å². The molecule has 1 aromatic heterocycles. The van der Waals surface area contributed by atoms with E-state index in [4.69, 9.17) is 0 Å². The molecule has 24 heavy (non-hydrogen) atoms. The number of ketones is 1. The van der Waals surface area contributed by atoms with Crippen molar-refractivity contribution in [1.82, 2.24) is 19.7 Å². The van der Waals surface area contributed by atoms with Gasteiger partial charge in [0.2, 0.25) is 5.91 Å². The lowest BCUT2D eigenvalue weighted by Gasteiger charge is -2.27. The molecule has 1 aromatic carbocycles. The summed E-state index contributed by atoms with van der Waals surface area (Å²) in [5, 5.41) is 7.96. The first-order valence-electron chi connectivity index (χ1n) is 7.56. The molecule has 2 heterocycles. The summed E-state index contributed by atoms with van der Waals surface area (Å²) >= 11 is 0. The van der Waals surface area contributed by atoms with Crippen molar-refractivity contribution in [1.29, 1.82) is 0 Å². The second-order valence-corrected chi connectivity index (χ2v) is 5.76. The molecule has 1 amide bonds. The highest BCUT2D eigenvalue weighted by Crippen LogP contribution is 2.15. The zero-order valence-corrected chi connectivity index (χ0v) is 13.1. The number of hydrogen-bond acceptors (Lipinski definition) is 4. The maximum Gasteiger partial charge on any atom is 0.230 e. The summed E-state index contributed by atoms with van der Waals surface area (Å²) in [6, 6.07) is 2.93. The fourth-order valence-corrected chi connectivity index (χ4v) is 2.75. The van der Waals surface area contributed by atoms with Crippen molar-refractivity contribution in [2.75, 3.05) is 6.54 Å². The van der Waals surface area contributed by atoms with Gasteiger partial charge in [0.1, 0.15) is 23.2 Å². The molecular formula is C16H16F2N4O2. The Balaban J connectivity index is 1.61. The Bertz CT molecular complexity index is 803. The van der Waals surface area contributed by atoms with Gasteiger partial charge in [0, 0.05) is 19.5 Å². The molecule has 1 aliphatic heterocycles. The lowest BCUT2D eigenvalue weighted by molar-refractivity contribution is -0.136. The Morgan fingerprint density at radius 3 is 2.79 bits per heavy atom. The van der Waals surface area contributed by atoms with Crippen LogP contribution in [0, 0.1) is 18.6 Å². The maximum absolute atomic E-state index is 13.6. The molecule has 126 valence electrons. The van der Waals surface area contributed by atoms with Crippen LogP contribution in [-0.4, -0.2) is 37.9 Å². The average molecular weight is 334 g/mol. The number of hydrogen-bond donors (Lipinski definition) is 0. The quantitative estimate of drug-likeness (QED) is 0.793. The van der Waals surface area contributed by atoms with Crippen LogP contribution in [0.4, 0.5) is 8.78 Å². The number of fused-ring (bicyclic) bond motifs is 1. The molecular weight excluding hydrogens is 318 g/mol. The van der Waals surface area contributed by atoms with E-state index < -0.39 is 17.4 Å². The van der Waals surface area contributed by atoms with Crippen LogP contribution in [0.2, 0.25) is 0 Å². The molecule has 0 saturated carbocycles. The summed E-state index contributed by atoms with van der Waals surface area (Å²) in [7, 11) is 0. The number of carbonyl (C=O) groups excluding carboxylic acids is 2. The molecule has 3 rings (SSSR count). The Morgan fingerprint density at radius 1 is 1.21 bits per heavy atom. The highest BCUT2D eigenvalue weighted by atomic mass is 19.1. The van der Waals surface area contributed by atoms with E-state index in [0.29, 0.717) is 25.5 Å². The molecule has 6 nitrogen and oxygen atoms in total. The Hall–Kier alpha value is -2.64. The van der Waals surface area contributed by atoms with E-state index in [1.807, 2.05) is 11.5 Å². The number of benzene rings is 1. The van der Waals surface area contributed by atoms with Crippen molar-refractivity contribution in [3.8, 4) is 0 Å². The standard InChI is InChI=1S/C16H16F2N4O2/c1-10-19-20-15-9-21(4-5-22(10)15)16(24)8-13(23)7-11-6-12(17)2-3-14(11)18/h2-3,6H,4-5,7-9H2,1H3. The van der Waals surface area contributed by atoms with E-state index in [9.17, 15) is 18.4 Å². The smallest absolute Gasteiger partial charge is 0.230 e. The molecule has 1 aliphatic rings. The zero-order chi connectivity index (χ0) is 17.3. The van der Waals surface area contributed by atoms with Gasteiger partial charge in [0.05, 0.1) is 13.0 Å². The van der Waals surface area contributed by atoms with Crippen molar-refractivity contribution >= 4 is 11.7 Å². The van der Waals surface area contributed by atoms with Gasteiger partial charge >= 0.3 is 0 Å². The second-order valence-electron chi connectivity index (χ2n) is 5.76. The van der Waals surface area contributed by atoms with Gasteiger partial charge in [0.25, 0.3) is 0 Å². The third kappa shape index (κ3) is 3.32. The summed E-state index contributed by atoms with van der Waals surface area (Å²) in [6.07, 6.45) is -0.651. The average Bonchev–Trinajstić information content (AvgIpc) is 2.91. The normalized spacial score (nSPS) is 13.7. The monoisotopic (exact) mass is 334 g/mol. The number of aryl methyl sites for hydroxylation is 1. The molecule has 0 fully saturated rings. The highest BCUT2D eigenvalue weighted by Gasteiger charge is 2.25. The minimum atomic E-state index is -0.654. The first-order valence-corrected chi connectivity index (χ1v) is 7.56. The van der Waals surface area contributed by atoms with Crippen LogP contribution in [0.15, 0.2) is 18.2 Å². The van der Waals surface area contributed by atoms with Gasteiger partial charge in [-0.25, -0.2) is 8.78 Å². The molecule has 0 atom stereocenters. The number of aromatic nitrogens is 3. The molecule has 0 N–H and O–H groups in total. The van der Waals surface area contributed by atoms with E-state index in [1.165, 1.54) is 4.90 Å². The summed E-state index contributed by atoms with van der Waals surface area (Å²) < 4.78 is 28.6. The van der Waals surface area contributed by atoms with Gasteiger partial charge < -0.3 is 9.47 Å². The third-order valence-corrected chi connectivity index (χ3v) is 4.03. The Kier molecular flexibility index (Phi) is 4.37. The van der Waals surface area contributed by atoms with Crippen LogP contribution in [0.1, 0.15) is 23.6 Å². The molecule has 0 radical (unpaired) electrons. The molecule has 0 bridgehead atoms. The van der Waals surface area contributed by atoms with Gasteiger partial charge in [-0.3, -0.25) is 9.59 Å². The third-order valence-electron chi connectivity index (χ3n) is 4.03. The van der Waals surface area contributed by atoms with Gasteiger partial charge in [-0.05, 0) is 30.7 Å². The van der Waals surface area contributed by atoms with Gasteiger partial charge in [-0.15, -0.1) is 10.2 Å². The number of nitrogens with zero attached hydrogens (tertiary/aromatic N) is 4. The predicted octanol–water partition coefficient (Wildman–Crippen LogP) is 1.41. The number of amides is 1. The van der Waals surface area contributed by atoms with E-state index in [2.05, 4.69) is 10.2 Å². The molecule has 0 saturated heterocycles. The fraction of sp³-hybridized carbons (Fsp3) is 0.375. The van der Waals surface area contributed by atoms with Crippen molar-refractivity contribution in [2.45, 2.75) is 32.9 Å². The lowest BCUT2D eigenvalue weighted by Crippen LogP contribution is -2.39. The summed E-state index contributed by atoms with van der Waals surface area (Å²) in [5.41, 5.74) is -0.0400. The Morgan fingerprint density at radius 2 is 2.00 bits per heavy atom. The van der Waals surface area contributed by atoms with Gasteiger partial charge in [-0.2, -0.15) is 0 Å². The largest absolute Gasteiger partial charge is 0.333 e. The molecule has 8 heteroatoms. The molecule has 0 spiro atoms. The summed E-state index contributed by atoms with van der Waals surface area (Å²) in [6.45, 7) is 3.17. The Labute approximate surface area is 137 Å². The fourth-order valence-electron chi connectivity index (χ4n) is 2.75. The van der Waals surface area contributed by atoms with Gasteiger partial charge in [-0.1, -0.05) is 0 Å². The van der Waals surface area contributed by atoms with Crippen LogP contribution in [0.3, 0.4) is 0 Å². The summed E-state index contributed by atoms with van der Waals surface area (Å²) in [4.78, 5) is 25.8. The minimum Gasteiger partial charge on any atom is -0.333 e. The van der Waals surface area contributed by atoms with Crippen LogP contribution in [-0.2, 0) is 29.1 Å². The molecule has 0 aliphatic carbocycles. The van der Waals surface area contributed by atoms with Crippen LogP contribution in [0.25, 0.3) is 0 Å². The molecule has 2 aromatic rings. The minimum absolute atomic E-state index is 0.0400. The van der Waals surface area contributed by atoms with E-state index in [1.54, 1.807) is 0 Å². The maximum atomic E-state index is 13.6. The number of Topliss-reactive ketones (excluding diaryl/α,β-unsaturated/α-hetero) is 1. The predicted molar refractivity (Wildman–Crippen MR) is 79.9 cm³/mol. The lowest BCUT2D eigenvalue weighted by atomic mass is 10.1. The first-order chi connectivity index (χ1) is 11.4. The van der Waals surface area contributed by atoms with Gasteiger partial charge in [0.15, 0.2) is 5.82 Å². The number of rotatable bonds is 4. The SMILES string of the molecule is Cc1nnc2n1CCN(C(=O)CC(=O)Cc1cc(F)ccc1F)C2. The van der Waals surface area contributed by atoms with Crippen LogP contribution >= 0.6 is 0 Å². The van der Waals surface area contributed by atoms with E-state index in [-0.39, 0.29) is 24.3 Å². The first kappa shape index (κ1) is 16.2. The van der Waals surface area contributed by atoms with Crippen LogP contribution in [0.5, 0.6) is 0 Å². The van der Waals surface area contributed by atoms with Crippen molar-refractivity contribution in [3.05, 3.63) is 47.0 Å². The van der Waals surface area contributed by atoms with Crippen LogP contribution < -0.4 is 0 Å². The molecule has 0 unspecified atom stereocenters. The number of halogens is 2. The van der Waals surface area contributed by atoms with Crippen molar-refractivity contribution < 1.29 is 18.4 Å². The van der Waals surface area contributed by atoms with E-state index >= 15 is 0 Å². The van der Waals surface area contributed by atoms with Crippen molar-refractivity contribution in [3.63, 3.8) is 0 Å². The van der Waals surface area contributed by atoms with E-state index in [0.717, 1.165) is 24.0 Å².